The Morgan fingerprint density at radius 1 is 1.50 bits per heavy atom. The zero-order chi connectivity index (χ0) is 11.0. The van der Waals surface area contributed by atoms with Crippen LogP contribution >= 0.6 is 0 Å². The van der Waals surface area contributed by atoms with Gasteiger partial charge in [0, 0.05) is 13.6 Å². The molecule has 0 saturated carbocycles. The van der Waals surface area contributed by atoms with Crippen molar-refractivity contribution in [3.63, 3.8) is 0 Å². The fourth-order valence-corrected chi connectivity index (χ4v) is 0.728. The lowest BCUT2D eigenvalue weighted by atomic mass is 10.2. The van der Waals surface area contributed by atoms with E-state index in [1.807, 2.05) is 0 Å². The standard InChI is InChI=1S/C9H17N5/c1-4-7(2)5-6-13-9(12-3)14-8(10)11/h4H,1-2,5-6H2,3H3,(H5,10,11,12,13,14). The van der Waals surface area contributed by atoms with Crippen molar-refractivity contribution in [1.82, 2.24) is 5.32 Å². The van der Waals surface area contributed by atoms with Gasteiger partial charge in [-0.3, -0.25) is 4.99 Å². The van der Waals surface area contributed by atoms with Crippen LogP contribution in [0.2, 0.25) is 0 Å². The smallest absolute Gasteiger partial charge is 0.220 e. The van der Waals surface area contributed by atoms with Gasteiger partial charge in [-0.15, -0.1) is 0 Å². The molecule has 5 heteroatoms. The van der Waals surface area contributed by atoms with Gasteiger partial charge < -0.3 is 16.8 Å². The Balaban J connectivity index is 3.93. The average molecular weight is 195 g/mol. The van der Waals surface area contributed by atoms with Gasteiger partial charge in [0.1, 0.15) is 0 Å². The number of hydrogen-bond acceptors (Lipinski definition) is 1. The SMILES string of the molecule is C=CC(=C)CCNC(N=C(N)N)=NC. The van der Waals surface area contributed by atoms with Crippen LogP contribution in [0.1, 0.15) is 6.42 Å². The van der Waals surface area contributed by atoms with Gasteiger partial charge in [0.2, 0.25) is 5.96 Å². The molecule has 0 rings (SSSR count). The first-order valence-corrected chi connectivity index (χ1v) is 4.20. The van der Waals surface area contributed by atoms with E-state index in [1.54, 1.807) is 13.1 Å². The van der Waals surface area contributed by atoms with Crippen molar-refractivity contribution < 1.29 is 0 Å². The molecule has 0 unspecified atom stereocenters. The second-order valence-electron chi connectivity index (χ2n) is 2.62. The molecule has 0 atom stereocenters. The fraction of sp³-hybridized carbons (Fsp3) is 0.333. The Kier molecular flexibility index (Phi) is 5.85. The van der Waals surface area contributed by atoms with Crippen LogP contribution in [-0.4, -0.2) is 25.5 Å². The summed E-state index contributed by atoms with van der Waals surface area (Å²) >= 11 is 0. The van der Waals surface area contributed by atoms with Crippen LogP contribution in [0, 0.1) is 0 Å². The number of nitrogens with zero attached hydrogens (tertiary/aromatic N) is 2. The van der Waals surface area contributed by atoms with Gasteiger partial charge in [0.05, 0.1) is 0 Å². The number of nitrogens with two attached hydrogens (primary N) is 2. The predicted molar refractivity (Wildman–Crippen MR) is 61.1 cm³/mol. The topological polar surface area (TPSA) is 88.8 Å². The summed E-state index contributed by atoms with van der Waals surface area (Å²) in [5, 5.41) is 2.96. The Morgan fingerprint density at radius 2 is 2.14 bits per heavy atom. The van der Waals surface area contributed by atoms with Crippen molar-refractivity contribution in [1.29, 1.82) is 0 Å². The molecule has 0 aliphatic carbocycles. The summed E-state index contributed by atoms with van der Waals surface area (Å²) in [6.45, 7) is 8.05. The van der Waals surface area contributed by atoms with Gasteiger partial charge in [-0.05, 0) is 6.42 Å². The fourth-order valence-electron chi connectivity index (χ4n) is 0.728. The Bertz CT molecular complexity index is 260. The van der Waals surface area contributed by atoms with E-state index in [0.29, 0.717) is 12.5 Å². The molecule has 0 spiro atoms. The molecule has 0 fully saturated rings. The minimum Gasteiger partial charge on any atom is -0.370 e. The van der Waals surface area contributed by atoms with E-state index in [-0.39, 0.29) is 5.96 Å². The summed E-state index contributed by atoms with van der Waals surface area (Å²) in [6.07, 6.45) is 2.49. The summed E-state index contributed by atoms with van der Waals surface area (Å²) in [4.78, 5) is 7.63. The lowest BCUT2D eigenvalue weighted by molar-refractivity contribution is 0.861. The molecule has 0 saturated heterocycles. The van der Waals surface area contributed by atoms with E-state index in [9.17, 15) is 0 Å². The highest BCUT2D eigenvalue weighted by atomic mass is 15.2. The highest BCUT2D eigenvalue weighted by molar-refractivity contribution is 5.93. The Morgan fingerprint density at radius 3 is 2.57 bits per heavy atom. The molecule has 5 nitrogen and oxygen atoms in total. The van der Waals surface area contributed by atoms with Gasteiger partial charge in [0.25, 0.3) is 0 Å². The number of rotatable bonds is 4. The molecule has 5 N–H and O–H groups in total. The third kappa shape index (κ3) is 5.82. The minimum atomic E-state index is -0.0133. The average Bonchev–Trinajstić information content (AvgIpc) is 2.15. The van der Waals surface area contributed by atoms with Gasteiger partial charge in [-0.1, -0.05) is 24.8 Å². The van der Waals surface area contributed by atoms with Crippen molar-refractivity contribution in [2.45, 2.75) is 6.42 Å². The van der Waals surface area contributed by atoms with Gasteiger partial charge in [-0.25, -0.2) is 0 Å². The van der Waals surface area contributed by atoms with Crippen molar-refractivity contribution in [3.8, 4) is 0 Å². The van der Waals surface area contributed by atoms with Crippen molar-refractivity contribution >= 4 is 11.9 Å². The van der Waals surface area contributed by atoms with Gasteiger partial charge in [0.15, 0.2) is 5.96 Å². The lowest BCUT2D eigenvalue weighted by Gasteiger charge is -2.04. The van der Waals surface area contributed by atoms with Crippen molar-refractivity contribution in [2.75, 3.05) is 13.6 Å². The number of nitrogens with one attached hydrogen (secondary N) is 1. The third-order valence-corrected chi connectivity index (χ3v) is 1.46. The maximum atomic E-state index is 5.20. The molecule has 0 radical (unpaired) electrons. The van der Waals surface area contributed by atoms with Crippen LogP contribution in [0.3, 0.4) is 0 Å². The zero-order valence-corrected chi connectivity index (χ0v) is 8.45. The van der Waals surface area contributed by atoms with Crippen LogP contribution < -0.4 is 16.8 Å². The first kappa shape index (κ1) is 12.2. The molecule has 0 amide bonds. The Hall–Kier alpha value is -1.78. The van der Waals surface area contributed by atoms with Gasteiger partial charge >= 0.3 is 0 Å². The van der Waals surface area contributed by atoms with E-state index >= 15 is 0 Å². The first-order valence-electron chi connectivity index (χ1n) is 4.20. The molecule has 0 aromatic heterocycles. The maximum Gasteiger partial charge on any atom is 0.220 e. The van der Waals surface area contributed by atoms with Crippen molar-refractivity contribution in [2.24, 2.45) is 21.5 Å². The molecular weight excluding hydrogens is 178 g/mol. The normalized spacial score (nSPS) is 10.5. The van der Waals surface area contributed by atoms with Gasteiger partial charge in [-0.2, -0.15) is 4.99 Å². The summed E-state index contributed by atoms with van der Waals surface area (Å²) in [6, 6.07) is 0. The number of hydrogen-bond donors (Lipinski definition) is 3. The van der Waals surface area contributed by atoms with Crippen LogP contribution in [0.4, 0.5) is 0 Å². The highest BCUT2D eigenvalue weighted by Crippen LogP contribution is 1.95. The molecule has 0 aliphatic rings. The molecule has 78 valence electrons. The van der Waals surface area contributed by atoms with E-state index in [0.717, 1.165) is 12.0 Å². The number of aliphatic imine (C=N–C) groups is 2. The maximum absolute atomic E-state index is 5.20. The third-order valence-electron chi connectivity index (χ3n) is 1.46. The second kappa shape index (κ2) is 6.71. The number of guanidine groups is 2. The molecule has 0 aromatic rings. The monoisotopic (exact) mass is 195 g/mol. The van der Waals surface area contributed by atoms with E-state index in [2.05, 4.69) is 28.5 Å². The van der Waals surface area contributed by atoms with E-state index in [4.69, 9.17) is 11.5 Å². The highest BCUT2D eigenvalue weighted by Gasteiger charge is 1.95. The largest absolute Gasteiger partial charge is 0.370 e. The molecule has 0 bridgehead atoms. The molecule has 14 heavy (non-hydrogen) atoms. The van der Waals surface area contributed by atoms with Crippen LogP contribution in [0.15, 0.2) is 34.8 Å². The Labute approximate surface area is 84.3 Å². The van der Waals surface area contributed by atoms with E-state index in [1.165, 1.54) is 0 Å². The number of allylic oxidation sites excluding steroid dienone is 1. The molecular formula is C9H17N5. The van der Waals surface area contributed by atoms with Crippen LogP contribution in [0.25, 0.3) is 0 Å². The second-order valence-corrected chi connectivity index (χ2v) is 2.62. The summed E-state index contributed by atoms with van der Waals surface area (Å²) in [5.41, 5.74) is 11.4. The summed E-state index contributed by atoms with van der Waals surface area (Å²) < 4.78 is 0. The molecule has 0 heterocycles. The summed E-state index contributed by atoms with van der Waals surface area (Å²) in [5.74, 6) is 0.405. The lowest BCUT2D eigenvalue weighted by Crippen LogP contribution is -2.30. The molecule has 0 aromatic carbocycles. The quantitative estimate of drug-likeness (QED) is 0.334. The van der Waals surface area contributed by atoms with Crippen molar-refractivity contribution in [3.05, 3.63) is 24.8 Å². The predicted octanol–water partition coefficient (Wildman–Crippen LogP) is -0.0325. The van der Waals surface area contributed by atoms with Crippen LogP contribution in [-0.2, 0) is 0 Å². The minimum absolute atomic E-state index is 0.0133. The zero-order valence-electron chi connectivity index (χ0n) is 8.45. The van der Waals surface area contributed by atoms with Crippen LogP contribution in [0.5, 0.6) is 0 Å². The van der Waals surface area contributed by atoms with E-state index < -0.39 is 0 Å². The summed E-state index contributed by atoms with van der Waals surface area (Å²) in [7, 11) is 1.61. The molecule has 0 aliphatic heterocycles. The first-order chi connectivity index (χ1) is 6.60.